The van der Waals surface area contributed by atoms with Crippen LogP contribution in [0.15, 0.2) is 47.4 Å². The maximum atomic E-state index is 15.4. The molecule has 10 nitrogen and oxygen atoms in total. The Balaban J connectivity index is 1.36. The number of hydrogen-bond acceptors (Lipinski definition) is 10. The van der Waals surface area contributed by atoms with Crippen LogP contribution in [0.25, 0.3) is 10.9 Å². The van der Waals surface area contributed by atoms with E-state index in [1.807, 2.05) is 20.0 Å². The summed E-state index contributed by atoms with van der Waals surface area (Å²) < 4.78 is 48.7. The predicted molar refractivity (Wildman–Crippen MR) is 229 cm³/mol. The Hall–Kier alpha value is -3.65. The summed E-state index contributed by atoms with van der Waals surface area (Å²) in [5.74, 6) is -4.38. The van der Waals surface area contributed by atoms with Crippen LogP contribution in [0.3, 0.4) is 0 Å². The second-order valence-electron chi connectivity index (χ2n) is 18.7. The van der Waals surface area contributed by atoms with Gasteiger partial charge in [0.1, 0.15) is 11.2 Å². The third kappa shape index (κ3) is 5.46. The van der Waals surface area contributed by atoms with Crippen LogP contribution in [0.1, 0.15) is 75.8 Å². The SMILES string of the molecule is CCSc1ccc2[nH]c3c(c2c1)CCN1CC(C(C)(F)F)C[C@@H](C1)C[C@]3(C(=O)OC)c1cc2c(cc1OC)N(C)[C@H]1[C@@](O)(C(=O)OC)[C@H](C)[C@]3(CC)C=CCN4CC[C@]21[C@@H]43. The number of carbonyl (C=O) groups excluding carboxylic acids is 2. The van der Waals surface area contributed by atoms with E-state index in [2.05, 4.69) is 69.9 Å². The number of halogens is 2. The molecule has 0 amide bonds. The highest BCUT2D eigenvalue weighted by Crippen LogP contribution is 2.69. The molecule has 2 saturated heterocycles. The van der Waals surface area contributed by atoms with Gasteiger partial charge in [-0.05, 0) is 92.6 Å². The molecule has 2 bridgehead atoms. The molecule has 1 spiro atoms. The first-order chi connectivity index (χ1) is 28.6. The Morgan fingerprint density at radius 1 is 1.03 bits per heavy atom. The summed E-state index contributed by atoms with van der Waals surface area (Å²) in [5, 5.41) is 14.2. The quantitative estimate of drug-likeness (QED) is 0.141. The number of nitrogens with zero attached hydrogens (tertiary/aromatic N) is 3. The summed E-state index contributed by atoms with van der Waals surface area (Å²) >= 11 is 1.75. The van der Waals surface area contributed by atoms with Crippen molar-refractivity contribution in [3.8, 4) is 5.75 Å². The summed E-state index contributed by atoms with van der Waals surface area (Å²) in [6.45, 7) is 10.2. The monoisotopic (exact) mass is 846 g/mol. The number of thioether (sulfide) groups is 1. The van der Waals surface area contributed by atoms with Gasteiger partial charge in [-0.25, -0.2) is 13.6 Å². The Morgan fingerprint density at radius 3 is 2.48 bits per heavy atom. The van der Waals surface area contributed by atoms with Crippen molar-refractivity contribution in [1.29, 1.82) is 0 Å². The zero-order valence-corrected chi connectivity index (χ0v) is 37.0. The topological polar surface area (TPSA) is 108 Å². The van der Waals surface area contributed by atoms with Crippen LogP contribution < -0.4 is 9.64 Å². The smallest absolute Gasteiger partial charge is 0.340 e. The number of aromatic nitrogens is 1. The average molecular weight is 847 g/mol. The molecule has 324 valence electrons. The van der Waals surface area contributed by atoms with Gasteiger partial charge in [0, 0.05) is 101 Å². The molecule has 13 heteroatoms. The number of nitrogens with one attached hydrogen (secondary N) is 1. The number of esters is 2. The molecular weight excluding hydrogens is 787 g/mol. The standard InChI is InChI=1S/C47H60F2N4O6S/c1-9-44-15-11-17-53-19-16-45(39(44)53)33-22-34(37(57-6)23-36(33)51(5)40(45)47(56,27(44)3)42(55)59-8)46(41(54)58-7)24-28-20-29(43(4,48)49)26-52(25-28)18-14-31-32-21-30(60-10-2)12-13-35(32)50-38(31)46/h11-13,15,21-23,27-29,39-40,50,56H,9-10,14,16-20,24-26H2,1-8H3/t27-,28-,29?,39+,40-,44+,45-,46+,47-/m1/s1. The van der Waals surface area contributed by atoms with E-state index in [4.69, 9.17) is 14.2 Å². The zero-order chi connectivity index (χ0) is 42.7. The molecule has 1 saturated carbocycles. The average Bonchev–Trinajstić information content (AvgIpc) is 3.90. The van der Waals surface area contributed by atoms with Crippen molar-refractivity contribution in [3.05, 3.63) is 64.9 Å². The number of anilines is 1. The molecule has 3 fully saturated rings. The molecule has 9 rings (SSSR count). The number of likely N-dealkylation sites (N-methyl/N-ethyl adjacent to an activating group) is 1. The molecule has 3 aromatic rings. The molecule has 6 aliphatic rings. The van der Waals surface area contributed by atoms with Gasteiger partial charge < -0.3 is 34.1 Å². The molecule has 10 atom stereocenters. The van der Waals surface area contributed by atoms with E-state index in [1.54, 1.807) is 18.9 Å². The number of hydrogen-bond donors (Lipinski definition) is 2. The lowest BCUT2D eigenvalue weighted by Gasteiger charge is -2.64. The molecule has 1 aromatic heterocycles. The van der Waals surface area contributed by atoms with Crippen LogP contribution in [0, 0.1) is 23.2 Å². The van der Waals surface area contributed by atoms with Crippen LogP contribution in [-0.2, 0) is 36.3 Å². The van der Waals surface area contributed by atoms with E-state index >= 15 is 13.6 Å². The molecule has 6 heterocycles. The van der Waals surface area contributed by atoms with Gasteiger partial charge >= 0.3 is 11.9 Å². The fourth-order valence-electron chi connectivity index (χ4n) is 13.8. The third-order valence-electron chi connectivity index (χ3n) is 16.2. The number of ether oxygens (including phenoxy) is 3. The second kappa shape index (κ2) is 14.5. The number of methoxy groups -OCH3 is 3. The summed E-state index contributed by atoms with van der Waals surface area (Å²) in [6.07, 6.45) is 6.76. The number of alkyl halides is 2. The molecule has 2 unspecified atom stereocenters. The van der Waals surface area contributed by atoms with Crippen LogP contribution in [0.5, 0.6) is 5.75 Å². The molecular formula is C47H60F2N4O6S. The van der Waals surface area contributed by atoms with Gasteiger partial charge in [0.05, 0.1) is 27.4 Å². The Kier molecular flexibility index (Phi) is 10.0. The summed E-state index contributed by atoms with van der Waals surface area (Å²) in [5.41, 5.74) is 0.151. The van der Waals surface area contributed by atoms with E-state index in [9.17, 15) is 9.90 Å². The van der Waals surface area contributed by atoms with Gasteiger partial charge in [-0.2, -0.15) is 0 Å². The van der Waals surface area contributed by atoms with E-state index in [0.29, 0.717) is 49.4 Å². The maximum absolute atomic E-state index is 15.4. The van der Waals surface area contributed by atoms with Crippen LogP contribution in [-0.4, -0.2) is 122 Å². The van der Waals surface area contributed by atoms with Gasteiger partial charge in [-0.15, -0.1) is 11.8 Å². The molecule has 2 N–H and O–H groups in total. The lowest BCUT2D eigenvalue weighted by atomic mass is 9.45. The number of piperidine rings is 1. The van der Waals surface area contributed by atoms with Crippen molar-refractivity contribution in [1.82, 2.24) is 14.8 Å². The second-order valence-corrected chi connectivity index (χ2v) is 20.0. The first kappa shape index (κ1) is 41.7. The molecule has 2 aromatic carbocycles. The van der Waals surface area contributed by atoms with E-state index in [-0.39, 0.29) is 31.3 Å². The molecule has 60 heavy (non-hydrogen) atoms. The lowest BCUT2D eigenvalue weighted by Crippen LogP contribution is -2.78. The highest BCUT2D eigenvalue weighted by atomic mass is 32.2. The van der Waals surface area contributed by atoms with Crippen molar-refractivity contribution in [2.24, 2.45) is 23.2 Å². The van der Waals surface area contributed by atoms with E-state index < -0.39 is 57.6 Å². The van der Waals surface area contributed by atoms with Crippen molar-refractivity contribution in [2.75, 3.05) is 71.8 Å². The zero-order valence-electron chi connectivity index (χ0n) is 36.2. The highest BCUT2D eigenvalue weighted by Gasteiger charge is 2.78. The fraction of sp³-hybridized carbons (Fsp3) is 0.617. The lowest BCUT2D eigenvalue weighted by molar-refractivity contribution is -0.197. The number of aliphatic hydroxyl groups is 1. The van der Waals surface area contributed by atoms with Crippen molar-refractivity contribution in [3.63, 3.8) is 0 Å². The Morgan fingerprint density at radius 2 is 1.80 bits per heavy atom. The van der Waals surface area contributed by atoms with Crippen molar-refractivity contribution in [2.45, 2.75) is 99.1 Å². The number of benzene rings is 2. The predicted octanol–water partition coefficient (Wildman–Crippen LogP) is 6.94. The fourth-order valence-corrected chi connectivity index (χ4v) is 14.5. The minimum Gasteiger partial charge on any atom is -0.496 e. The van der Waals surface area contributed by atoms with Gasteiger partial charge in [0.15, 0.2) is 5.60 Å². The molecule has 1 aliphatic carbocycles. The number of aromatic amines is 1. The highest BCUT2D eigenvalue weighted by molar-refractivity contribution is 7.99. The largest absolute Gasteiger partial charge is 0.496 e. The van der Waals surface area contributed by atoms with Gasteiger partial charge in [0.2, 0.25) is 5.92 Å². The Labute approximate surface area is 356 Å². The van der Waals surface area contributed by atoms with Gasteiger partial charge in [-0.1, -0.05) is 32.9 Å². The number of H-pyrrole nitrogens is 1. The maximum Gasteiger partial charge on any atom is 0.340 e. The third-order valence-corrected chi connectivity index (χ3v) is 17.1. The minimum absolute atomic E-state index is 0.0814. The van der Waals surface area contributed by atoms with E-state index in [1.165, 1.54) is 14.2 Å². The molecule has 5 aliphatic heterocycles. The van der Waals surface area contributed by atoms with Crippen LogP contribution in [0.2, 0.25) is 0 Å². The van der Waals surface area contributed by atoms with E-state index in [0.717, 1.165) is 58.4 Å². The van der Waals surface area contributed by atoms with Crippen LogP contribution in [0.4, 0.5) is 14.5 Å². The normalized spacial score (nSPS) is 35.8. The van der Waals surface area contributed by atoms with Crippen molar-refractivity contribution >= 4 is 40.3 Å². The minimum atomic E-state index is -2.90. The van der Waals surface area contributed by atoms with Gasteiger partial charge in [-0.3, -0.25) is 9.69 Å². The number of carbonyl (C=O) groups is 2. The van der Waals surface area contributed by atoms with Crippen molar-refractivity contribution < 1.29 is 37.7 Å². The summed E-state index contributed by atoms with van der Waals surface area (Å²) in [7, 11) is 6.29. The Bertz CT molecular complexity index is 2260. The number of rotatable bonds is 8. The summed E-state index contributed by atoms with van der Waals surface area (Å²) in [4.78, 5) is 41.3. The number of fused-ring (bicyclic) bond motifs is 6. The van der Waals surface area contributed by atoms with Gasteiger partial charge in [0.25, 0.3) is 0 Å². The van der Waals surface area contributed by atoms with Crippen LogP contribution >= 0.6 is 11.8 Å². The first-order valence-electron chi connectivity index (χ1n) is 21.7. The summed E-state index contributed by atoms with van der Waals surface area (Å²) in [6, 6.07) is 9.67. The first-order valence-corrected chi connectivity index (χ1v) is 22.7. The molecule has 0 radical (unpaired) electrons.